The zero-order chi connectivity index (χ0) is 25.2. The molecular weight excluding hydrogens is 457 g/mol. The molecule has 1 aromatic carbocycles. The predicted octanol–water partition coefficient (Wildman–Crippen LogP) is 3.49. The van der Waals surface area contributed by atoms with Crippen LogP contribution in [0.5, 0.6) is 0 Å². The second-order valence-electron chi connectivity index (χ2n) is 7.89. The molecule has 2 heterocycles. The summed E-state index contributed by atoms with van der Waals surface area (Å²) >= 11 is 0. The lowest BCUT2D eigenvalue weighted by molar-refractivity contribution is -0.138. The zero-order valence-corrected chi connectivity index (χ0v) is 19.1. The number of amides is 1. The average molecular weight is 482 g/mol. The number of carbonyl (C=O) groups is 2. The minimum atomic E-state index is -4.50. The highest BCUT2D eigenvalue weighted by molar-refractivity contribution is 5.96. The number of carboxylic acids is 1. The van der Waals surface area contributed by atoms with Gasteiger partial charge in [0.2, 0.25) is 0 Å². The molecule has 0 spiro atoms. The maximum Gasteiger partial charge on any atom is 0.416 e. The molecule has 0 aliphatic carbocycles. The minimum absolute atomic E-state index is 0.0631. The van der Waals surface area contributed by atoms with Gasteiger partial charge in [-0.25, -0.2) is 9.97 Å². The summed E-state index contributed by atoms with van der Waals surface area (Å²) in [5, 5.41) is 12.1. The van der Waals surface area contributed by atoms with Crippen molar-refractivity contribution in [2.75, 3.05) is 32.1 Å². The van der Waals surface area contributed by atoms with E-state index in [2.05, 4.69) is 15.3 Å². The summed E-state index contributed by atoms with van der Waals surface area (Å²) in [5.74, 6) is -1.54. The number of hydrogen-bond donors (Lipinski definition) is 2. The predicted molar refractivity (Wildman–Crippen MR) is 114 cm³/mol. The van der Waals surface area contributed by atoms with Gasteiger partial charge >= 0.3 is 12.1 Å². The van der Waals surface area contributed by atoms with E-state index in [-0.39, 0.29) is 41.7 Å². The third-order valence-corrected chi connectivity index (χ3v) is 5.34. The van der Waals surface area contributed by atoms with E-state index in [9.17, 15) is 22.8 Å². The Morgan fingerprint density at radius 2 is 1.88 bits per heavy atom. The molecule has 1 aliphatic heterocycles. The number of anilines is 1. The summed E-state index contributed by atoms with van der Waals surface area (Å²) in [5.41, 5.74) is -0.249. The summed E-state index contributed by atoms with van der Waals surface area (Å²) < 4.78 is 51.3. The summed E-state index contributed by atoms with van der Waals surface area (Å²) in [6, 6.07) is 3.28. The molecule has 1 unspecified atom stereocenters. The van der Waals surface area contributed by atoms with E-state index < -0.39 is 42.5 Å². The van der Waals surface area contributed by atoms with E-state index in [0.717, 1.165) is 11.0 Å². The third kappa shape index (κ3) is 5.45. The quantitative estimate of drug-likeness (QED) is 0.617. The second kappa shape index (κ2) is 9.94. The third-order valence-electron chi connectivity index (χ3n) is 5.34. The Balaban J connectivity index is 2.05. The second-order valence-corrected chi connectivity index (χ2v) is 7.89. The Kier molecular flexibility index (Phi) is 7.41. The van der Waals surface area contributed by atoms with E-state index in [1.807, 2.05) is 0 Å². The molecule has 1 aromatic heterocycles. The summed E-state index contributed by atoms with van der Waals surface area (Å²) in [4.78, 5) is 33.7. The number of halogens is 3. The Morgan fingerprint density at radius 1 is 1.24 bits per heavy atom. The first-order valence-electron chi connectivity index (χ1n) is 10.4. The van der Waals surface area contributed by atoms with Gasteiger partial charge in [0.1, 0.15) is 23.9 Å². The molecule has 1 amide bonds. The lowest BCUT2D eigenvalue weighted by atomic mass is 9.97. The molecule has 34 heavy (non-hydrogen) atoms. The molecule has 1 fully saturated rings. The molecule has 184 valence electrons. The van der Waals surface area contributed by atoms with Gasteiger partial charge in [-0.2, -0.15) is 13.2 Å². The topological polar surface area (TPSA) is 114 Å². The van der Waals surface area contributed by atoms with Crippen LogP contribution in [-0.4, -0.2) is 58.7 Å². The van der Waals surface area contributed by atoms with Crippen molar-refractivity contribution >= 4 is 17.7 Å². The Hall–Kier alpha value is -3.25. The van der Waals surface area contributed by atoms with Crippen LogP contribution in [0.25, 0.3) is 0 Å². The number of likely N-dealkylation sites (N-methyl/N-ethyl adjacent to an activating group) is 1. The van der Waals surface area contributed by atoms with Gasteiger partial charge in [0.25, 0.3) is 5.91 Å². The van der Waals surface area contributed by atoms with Crippen LogP contribution < -0.4 is 5.32 Å². The van der Waals surface area contributed by atoms with E-state index >= 15 is 0 Å². The highest BCUT2D eigenvalue weighted by Gasteiger charge is 2.35. The number of carbonyl (C=O) groups excluding carboxylic acids is 1. The van der Waals surface area contributed by atoms with E-state index in [0.29, 0.717) is 5.56 Å². The highest BCUT2D eigenvalue weighted by atomic mass is 19.4. The number of aryl methyl sites for hydroxylation is 1. The number of nitrogens with one attached hydrogen (secondary N) is 1. The Bertz CT molecular complexity index is 1090. The molecule has 1 aliphatic rings. The molecule has 0 bridgehead atoms. The number of alkyl halides is 3. The average Bonchev–Trinajstić information content (AvgIpc) is 3.25. The smallest absolute Gasteiger partial charge is 0.416 e. The first-order valence-corrected chi connectivity index (χ1v) is 10.4. The molecule has 2 aromatic rings. The number of aromatic nitrogens is 2. The van der Waals surface area contributed by atoms with Gasteiger partial charge in [0.05, 0.1) is 30.4 Å². The minimum Gasteiger partial charge on any atom is -0.480 e. The van der Waals surface area contributed by atoms with Gasteiger partial charge < -0.3 is 24.8 Å². The number of nitrogens with zero attached hydrogens (tertiary/aromatic N) is 3. The molecule has 12 heteroatoms. The first kappa shape index (κ1) is 25.4. The standard InChI is InChI=1S/C22H25F3N4O5/c1-11-14(6-5-7-15(11)22(23,24)25)12(2)26-19-17(21-33-8-9-34-21)18(27-13(3)28-19)20(32)29(4)10-16(30)31/h5-7,12,21H,8-10H2,1-4H3,(H,30,31)(H,26,27,28). The fourth-order valence-corrected chi connectivity index (χ4v) is 3.77. The van der Waals surface area contributed by atoms with Crippen LogP contribution >= 0.6 is 0 Å². The van der Waals surface area contributed by atoms with Gasteiger partial charge in [0, 0.05) is 7.05 Å². The Labute approximate surface area is 193 Å². The first-order chi connectivity index (χ1) is 15.9. The van der Waals surface area contributed by atoms with Gasteiger partial charge in [0.15, 0.2) is 6.29 Å². The number of rotatable bonds is 7. The number of ether oxygens (including phenoxy) is 2. The van der Waals surface area contributed by atoms with Gasteiger partial charge in [-0.05, 0) is 38.0 Å². The van der Waals surface area contributed by atoms with Crippen molar-refractivity contribution in [3.05, 3.63) is 52.0 Å². The SMILES string of the molecule is Cc1nc(NC(C)c2cccc(C(F)(F)F)c2C)c(C2OCCO2)c(C(=O)N(C)CC(=O)O)n1. The number of benzene rings is 1. The summed E-state index contributed by atoms with van der Waals surface area (Å²) in [6.45, 7) is 4.53. The molecule has 9 nitrogen and oxygen atoms in total. The van der Waals surface area contributed by atoms with Crippen LogP contribution in [0.4, 0.5) is 19.0 Å². The van der Waals surface area contributed by atoms with Gasteiger partial charge in [-0.1, -0.05) is 12.1 Å². The molecule has 3 rings (SSSR count). The van der Waals surface area contributed by atoms with E-state index in [4.69, 9.17) is 14.6 Å². The molecule has 0 radical (unpaired) electrons. The zero-order valence-electron chi connectivity index (χ0n) is 19.1. The van der Waals surface area contributed by atoms with Crippen molar-refractivity contribution in [1.82, 2.24) is 14.9 Å². The van der Waals surface area contributed by atoms with Crippen LogP contribution in [-0.2, 0) is 20.4 Å². The largest absolute Gasteiger partial charge is 0.480 e. The number of hydrogen-bond acceptors (Lipinski definition) is 7. The maximum absolute atomic E-state index is 13.4. The Morgan fingerprint density at radius 3 is 2.47 bits per heavy atom. The van der Waals surface area contributed by atoms with Crippen molar-refractivity contribution in [2.24, 2.45) is 0 Å². The van der Waals surface area contributed by atoms with Crippen molar-refractivity contribution in [3.8, 4) is 0 Å². The van der Waals surface area contributed by atoms with Crippen molar-refractivity contribution in [1.29, 1.82) is 0 Å². The number of carboxylic acid groups (broad SMARTS) is 1. The normalized spacial score (nSPS) is 15.3. The lowest BCUT2D eigenvalue weighted by Gasteiger charge is -2.24. The molecule has 0 saturated carbocycles. The van der Waals surface area contributed by atoms with E-state index in [1.165, 1.54) is 20.0 Å². The van der Waals surface area contributed by atoms with Gasteiger partial charge in [-0.3, -0.25) is 9.59 Å². The molecule has 2 N–H and O–H groups in total. The van der Waals surface area contributed by atoms with E-state index in [1.54, 1.807) is 19.9 Å². The van der Waals surface area contributed by atoms with Crippen molar-refractivity contribution in [2.45, 2.75) is 39.3 Å². The summed E-state index contributed by atoms with van der Waals surface area (Å²) in [6.07, 6.45) is -5.51. The van der Waals surface area contributed by atoms with Crippen molar-refractivity contribution < 1.29 is 37.3 Å². The summed E-state index contributed by atoms with van der Waals surface area (Å²) in [7, 11) is 1.32. The van der Waals surface area contributed by atoms with Crippen molar-refractivity contribution in [3.63, 3.8) is 0 Å². The van der Waals surface area contributed by atoms with Crippen LogP contribution in [0, 0.1) is 13.8 Å². The fourth-order valence-electron chi connectivity index (χ4n) is 3.77. The van der Waals surface area contributed by atoms with Crippen LogP contribution in [0.3, 0.4) is 0 Å². The maximum atomic E-state index is 13.4. The highest BCUT2D eigenvalue weighted by Crippen LogP contribution is 2.37. The number of aliphatic carboxylic acids is 1. The molecular formula is C22H25F3N4O5. The lowest BCUT2D eigenvalue weighted by Crippen LogP contribution is -2.34. The van der Waals surface area contributed by atoms with Gasteiger partial charge in [-0.15, -0.1) is 0 Å². The van der Waals surface area contributed by atoms with Crippen LogP contribution in [0.1, 0.15) is 57.8 Å². The monoisotopic (exact) mass is 482 g/mol. The molecule has 1 saturated heterocycles. The van der Waals surface area contributed by atoms with Crippen LogP contribution in [0.2, 0.25) is 0 Å². The fraction of sp³-hybridized carbons (Fsp3) is 0.455. The van der Waals surface area contributed by atoms with Crippen LogP contribution in [0.15, 0.2) is 18.2 Å². The molecule has 1 atom stereocenters.